The SMILES string of the molecule is CCN1CCN(C(=O)c2ccc(N3CCNCC3)c(NS(=O)(=O)c3ccccc3)c2)CC1.O=C(O)C(F)(F)F. The van der Waals surface area contributed by atoms with Crippen LogP contribution in [0.4, 0.5) is 24.5 Å². The van der Waals surface area contributed by atoms with Crippen LogP contribution in [-0.2, 0) is 14.8 Å². The number of aliphatic carboxylic acids is 1. The number of likely N-dealkylation sites (N-methyl/N-ethyl adjacent to an activating group) is 1. The first-order chi connectivity index (χ1) is 18.4. The number of halogens is 3. The molecule has 2 aromatic carbocycles. The molecule has 2 fully saturated rings. The van der Waals surface area contributed by atoms with Crippen molar-refractivity contribution in [3.05, 3.63) is 54.1 Å². The first-order valence-electron chi connectivity index (χ1n) is 12.4. The van der Waals surface area contributed by atoms with E-state index < -0.39 is 22.2 Å². The van der Waals surface area contributed by atoms with Crippen molar-refractivity contribution in [2.45, 2.75) is 18.0 Å². The van der Waals surface area contributed by atoms with Crippen LogP contribution in [-0.4, -0.2) is 100 Å². The molecule has 0 aromatic heterocycles. The molecule has 2 heterocycles. The summed E-state index contributed by atoms with van der Waals surface area (Å²) < 4.78 is 60.6. The normalized spacial score (nSPS) is 16.7. The van der Waals surface area contributed by atoms with Gasteiger partial charge in [-0.1, -0.05) is 25.1 Å². The van der Waals surface area contributed by atoms with Crippen molar-refractivity contribution in [1.29, 1.82) is 0 Å². The zero-order valence-electron chi connectivity index (χ0n) is 21.4. The Balaban J connectivity index is 0.000000532. The zero-order valence-corrected chi connectivity index (χ0v) is 22.3. The minimum atomic E-state index is -5.08. The molecule has 0 atom stereocenters. The van der Waals surface area contributed by atoms with E-state index in [9.17, 15) is 26.4 Å². The number of carboxylic acid groups (broad SMARTS) is 1. The fraction of sp³-hybridized carbons (Fsp3) is 0.440. The lowest BCUT2D eigenvalue weighted by molar-refractivity contribution is -0.192. The predicted molar refractivity (Wildman–Crippen MR) is 140 cm³/mol. The van der Waals surface area contributed by atoms with Crippen molar-refractivity contribution in [2.24, 2.45) is 0 Å². The Morgan fingerprint density at radius 2 is 1.56 bits per heavy atom. The summed E-state index contributed by atoms with van der Waals surface area (Å²) in [4.78, 5) is 28.6. The van der Waals surface area contributed by atoms with Gasteiger partial charge in [0.1, 0.15) is 0 Å². The molecule has 2 aromatic rings. The quantitative estimate of drug-likeness (QED) is 0.483. The summed E-state index contributed by atoms with van der Waals surface area (Å²) in [6.07, 6.45) is -5.08. The van der Waals surface area contributed by atoms with Gasteiger partial charge < -0.3 is 25.1 Å². The van der Waals surface area contributed by atoms with Gasteiger partial charge in [-0.25, -0.2) is 13.2 Å². The van der Waals surface area contributed by atoms with Gasteiger partial charge >= 0.3 is 12.1 Å². The van der Waals surface area contributed by atoms with Crippen LogP contribution in [0, 0.1) is 0 Å². The molecule has 1 amide bonds. The van der Waals surface area contributed by atoms with E-state index in [1.165, 1.54) is 0 Å². The van der Waals surface area contributed by atoms with Gasteiger partial charge in [0.25, 0.3) is 15.9 Å². The van der Waals surface area contributed by atoms with E-state index in [4.69, 9.17) is 9.90 Å². The fourth-order valence-electron chi connectivity index (χ4n) is 4.19. The first kappa shape index (κ1) is 30.2. The topological polar surface area (TPSA) is 122 Å². The van der Waals surface area contributed by atoms with Gasteiger partial charge in [0.15, 0.2) is 0 Å². The lowest BCUT2D eigenvalue weighted by Gasteiger charge is -2.34. The number of carbonyl (C=O) groups is 2. The number of amides is 1. The number of carboxylic acids is 1. The highest BCUT2D eigenvalue weighted by Gasteiger charge is 2.38. The average Bonchev–Trinajstić information content (AvgIpc) is 2.93. The molecular formula is C25H32F3N5O5S. The molecule has 10 nitrogen and oxygen atoms in total. The van der Waals surface area contributed by atoms with Crippen molar-refractivity contribution in [1.82, 2.24) is 15.1 Å². The molecule has 2 aliphatic rings. The molecule has 0 unspecified atom stereocenters. The summed E-state index contributed by atoms with van der Waals surface area (Å²) in [5.41, 5.74) is 1.73. The van der Waals surface area contributed by atoms with E-state index in [0.717, 1.165) is 51.5 Å². The third-order valence-electron chi connectivity index (χ3n) is 6.35. The van der Waals surface area contributed by atoms with Crippen LogP contribution in [0.25, 0.3) is 0 Å². The van der Waals surface area contributed by atoms with E-state index in [1.54, 1.807) is 36.4 Å². The Labute approximate surface area is 225 Å². The number of nitrogens with one attached hydrogen (secondary N) is 2. The summed E-state index contributed by atoms with van der Waals surface area (Å²) >= 11 is 0. The van der Waals surface area contributed by atoms with Gasteiger partial charge in [0.05, 0.1) is 16.3 Å². The van der Waals surface area contributed by atoms with E-state index in [1.807, 2.05) is 17.0 Å². The number of rotatable bonds is 6. The maximum absolute atomic E-state index is 13.2. The van der Waals surface area contributed by atoms with Crippen LogP contribution in [0.1, 0.15) is 17.3 Å². The molecule has 214 valence electrons. The van der Waals surface area contributed by atoms with Crippen molar-refractivity contribution in [2.75, 3.05) is 68.5 Å². The molecule has 0 bridgehead atoms. The number of anilines is 2. The van der Waals surface area contributed by atoms with Gasteiger partial charge in [0, 0.05) is 57.9 Å². The van der Waals surface area contributed by atoms with Crippen LogP contribution >= 0.6 is 0 Å². The highest BCUT2D eigenvalue weighted by Crippen LogP contribution is 2.30. The largest absolute Gasteiger partial charge is 0.490 e. The Morgan fingerprint density at radius 3 is 2.10 bits per heavy atom. The number of alkyl halides is 3. The van der Waals surface area contributed by atoms with Crippen LogP contribution in [0.3, 0.4) is 0 Å². The molecule has 0 radical (unpaired) electrons. The molecule has 3 N–H and O–H groups in total. The van der Waals surface area contributed by atoms with Gasteiger partial charge in [-0.3, -0.25) is 9.52 Å². The number of hydrogen-bond donors (Lipinski definition) is 3. The number of hydrogen-bond acceptors (Lipinski definition) is 7. The lowest BCUT2D eigenvalue weighted by atomic mass is 10.1. The van der Waals surface area contributed by atoms with Crippen LogP contribution in [0.15, 0.2) is 53.4 Å². The first-order valence-corrected chi connectivity index (χ1v) is 13.9. The molecular weight excluding hydrogens is 539 g/mol. The zero-order chi connectivity index (χ0) is 28.6. The highest BCUT2D eigenvalue weighted by atomic mass is 32.2. The van der Waals surface area contributed by atoms with E-state index >= 15 is 0 Å². The summed E-state index contributed by atoms with van der Waals surface area (Å²) in [6, 6.07) is 13.7. The molecule has 2 aliphatic heterocycles. The number of carbonyl (C=O) groups excluding carboxylic acids is 1. The molecule has 2 saturated heterocycles. The van der Waals surface area contributed by atoms with Gasteiger partial charge in [0.2, 0.25) is 0 Å². The van der Waals surface area contributed by atoms with E-state index in [0.29, 0.717) is 24.3 Å². The molecule has 39 heavy (non-hydrogen) atoms. The number of benzene rings is 2. The van der Waals surface area contributed by atoms with Crippen molar-refractivity contribution < 1.29 is 36.3 Å². The summed E-state index contributed by atoms with van der Waals surface area (Å²) in [5.74, 6) is -2.82. The lowest BCUT2D eigenvalue weighted by Crippen LogP contribution is -2.48. The van der Waals surface area contributed by atoms with E-state index in [2.05, 4.69) is 26.8 Å². The van der Waals surface area contributed by atoms with Gasteiger partial charge in [-0.15, -0.1) is 0 Å². The second kappa shape index (κ2) is 13.1. The standard InChI is InChI=1S/C23H31N5O3S.C2HF3O2/c1-2-26-14-16-28(17-15-26)23(29)19-8-9-22(27-12-10-24-11-13-27)21(18-19)25-32(30,31)20-6-4-3-5-7-20;3-2(4,5)1(6)7/h3-9,18,24-25H,2,10-17H2,1H3;(H,6,7). The minimum absolute atomic E-state index is 0.0622. The molecule has 0 spiro atoms. The molecule has 4 rings (SSSR count). The summed E-state index contributed by atoms with van der Waals surface area (Å²) in [7, 11) is -3.78. The third-order valence-corrected chi connectivity index (χ3v) is 7.73. The fourth-order valence-corrected chi connectivity index (χ4v) is 5.27. The summed E-state index contributed by atoms with van der Waals surface area (Å²) in [6.45, 7) is 9.36. The highest BCUT2D eigenvalue weighted by molar-refractivity contribution is 7.92. The maximum atomic E-state index is 13.2. The van der Waals surface area contributed by atoms with Crippen molar-refractivity contribution in [3.63, 3.8) is 0 Å². The smallest absolute Gasteiger partial charge is 0.475 e. The molecule has 0 saturated carbocycles. The predicted octanol–water partition coefficient (Wildman–Crippen LogP) is 2.31. The third kappa shape index (κ3) is 8.31. The Kier molecular flexibility index (Phi) is 10.2. The van der Waals surface area contributed by atoms with Crippen LogP contribution < -0.4 is 14.9 Å². The second-order valence-electron chi connectivity index (χ2n) is 8.92. The van der Waals surface area contributed by atoms with Crippen molar-refractivity contribution >= 4 is 33.3 Å². The molecule has 14 heteroatoms. The second-order valence-corrected chi connectivity index (χ2v) is 10.6. The number of sulfonamides is 1. The van der Waals surface area contributed by atoms with Crippen molar-refractivity contribution in [3.8, 4) is 0 Å². The maximum Gasteiger partial charge on any atom is 0.490 e. The average molecular weight is 572 g/mol. The monoisotopic (exact) mass is 571 g/mol. The minimum Gasteiger partial charge on any atom is -0.475 e. The Bertz CT molecular complexity index is 1230. The summed E-state index contributed by atoms with van der Waals surface area (Å²) in [5, 5.41) is 10.4. The number of piperazine rings is 2. The number of nitrogens with zero attached hydrogens (tertiary/aromatic N) is 3. The van der Waals surface area contributed by atoms with Gasteiger partial charge in [-0.05, 0) is 36.9 Å². The Morgan fingerprint density at radius 1 is 0.974 bits per heavy atom. The van der Waals surface area contributed by atoms with Crippen LogP contribution in [0.2, 0.25) is 0 Å². The molecule has 0 aliphatic carbocycles. The van der Waals surface area contributed by atoms with Gasteiger partial charge in [-0.2, -0.15) is 13.2 Å². The van der Waals surface area contributed by atoms with E-state index in [-0.39, 0.29) is 10.8 Å². The van der Waals surface area contributed by atoms with Crippen LogP contribution in [0.5, 0.6) is 0 Å². The Hall–Kier alpha value is -3.36.